The maximum atomic E-state index is 13.6. The average Bonchev–Trinajstić information content (AvgIpc) is 3.04. The molecule has 0 atom stereocenters. The van der Waals surface area contributed by atoms with Crippen molar-refractivity contribution in [2.45, 2.75) is 13.1 Å². The van der Waals surface area contributed by atoms with Crippen LogP contribution in [0.3, 0.4) is 0 Å². The standard InChI is InChI=1S/C19H16F2N4O3/c1-24(9-16-22-12-4-2-3-5-14(12)25(16)19(20)21)18(27)11-6-7-13-15(8-11)28-10-17(26)23-13/h2-8,19H,9-10H2,1H3,(H,23,26). The van der Waals surface area contributed by atoms with Crippen molar-refractivity contribution in [3.8, 4) is 5.75 Å². The summed E-state index contributed by atoms with van der Waals surface area (Å²) < 4.78 is 33.2. The second-order valence-electron chi connectivity index (χ2n) is 6.37. The number of carbonyl (C=O) groups is 2. The van der Waals surface area contributed by atoms with Gasteiger partial charge in [-0.25, -0.2) is 4.98 Å². The molecule has 144 valence electrons. The van der Waals surface area contributed by atoms with E-state index in [4.69, 9.17) is 4.74 Å². The number of nitrogens with one attached hydrogen (secondary N) is 1. The van der Waals surface area contributed by atoms with Gasteiger partial charge in [-0.05, 0) is 30.3 Å². The summed E-state index contributed by atoms with van der Waals surface area (Å²) in [5, 5.41) is 2.64. The van der Waals surface area contributed by atoms with Crippen molar-refractivity contribution in [1.29, 1.82) is 0 Å². The maximum Gasteiger partial charge on any atom is 0.320 e. The van der Waals surface area contributed by atoms with Gasteiger partial charge in [-0.3, -0.25) is 14.2 Å². The number of hydrogen-bond donors (Lipinski definition) is 1. The van der Waals surface area contributed by atoms with Crippen LogP contribution >= 0.6 is 0 Å². The fraction of sp³-hybridized carbons (Fsp3) is 0.211. The van der Waals surface area contributed by atoms with E-state index in [-0.39, 0.29) is 30.8 Å². The largest absolute Gasteiger partial charge is 0.482 e. The molecule has 7 nitrogen and oxygen atoms in total. The zero-order valence-corrected chi connectivity index (χ0v) is 14.9. The number of carbonyl (C=O) groups excluding carboxylic acids is 2. The van der Waals surface area contributed by atoms with Crippen LogP contribution in [0.2, 0.25) is 0 Å². The summed E-state index contributed by atoms with van der Waals surface area (Å²) in [5.74, 6) is -0.169. The molecule has 9 heteroatoms. The van der Waals surface area contributed by atoms with Crippen LogP contribution in [0.1, 0.15) is 22.7 Å². The van der Waals surface area contributed by atoms with Crippen molar-refractivity contribution in [2.24, 2.45) is 0 Å². The number of alkyl halides is 2. The average molecular weight is 386 g/mol. The Morgan fingerprint density at radius 2 is 2.11 bits per heavy atom. The molecule has 0 unspecified atom stereocenters. The summed E-state index contributed by atoms with van der Waals surface area (Å²) in [6.45, 7) is -2.99. The van der Waals surface area contributed by atoms with Crippen LogP contribution in [-0.4, -0.2) is 39.9 Å². The van der Waals surface area contributed by atoms with Gasteiger partial charge in [-0.15, -0.1) is 0 Å². The highest BCUT2D eigenvalue weighted by Crippen LogP contribution is 2.29. The number of para-hydroxylation sites is 2. The number of hydrogen-bond acceptors (Lipinski definition) is 4. The minimum Gasteiger partial charge on any atom is -0.482 e. The van der Waals surface area contributed by atoms with Crippen LogP contribution in [0.5, 0.6) is 5.75 Å². The van der Waals surface area contributed by atoms with Crippen LogP contribution in [0.25, 0.3) is 11.0 Å². The Labute approximate surface area is 158 Å². The summed E-state index contributed by atoms with van der Waals surface area (Å²) >= 11 is 0. The van der Waals surface area contributed by atoms with E-state index in [1.54, 1.807) is 36.4 Å². The van der Waals surface area contributed by atoms with Crippen LogP contribution in [0, 0.1) is 0 Å². The molecular formula is C19H16F2N4O3. The van der Waals surface area contributed by atoms with Crippen molar-refractivity contribution in [1.82, 2.24) is 14.5 Å². The molecule has 2 amide bonds. The van der Waals surface area contributed by atoms with E-state index >= 15 is 0 Å². The van der Waals surface area contributed by atoms with Gasteiger partial charge in [0.15, 0.2) is 6.61 Å². The van der Waals surface area contributed by atoms with E-state index in [1.807, 2.05) is 0 Å². The smallest absolute Gasteiger partial charge is 0.320 e. The highest BCUT2D eigenvalue weighted by atomic mass is 19.3. The topological polar surface area (TPSA) is 76.5 Å². The Morgan fingerprint density at radius 1 is 1.32 bits per heavy atom. The lowest BCUT2D eigenvalue weighted by Crippen LogP contribution is -2.29. The number of fused-ring (bicyclic) bond motifs is 2. The van der Waals surface area contributed by atoms with Crippen molar-refractivity contribution in [3.63, 3.8) is 0 Å². The first-order valence-corrected chi connectivity index (χ1v) is 8.50. The molecule has 3 aromatic rings. The second kappa shape index (κ2) is 6.91. The number of amides is 2. The molecule has 0 saturated heterocycles. The normalized spacial score (nSPS) is 13.2. The summed E-state index contributed by atoms with van der Waals surface area (Å²) in [6.07, 6.45) is 0. The molecule has 1 aromatic heterocycles. The molecule has 0 radical (unpaired) electrons. The minimum absolute atomic E-state index is 0.0907. The van der Waals surface area contributed by atoms with E-state index in [1.165, 1.54) is 18.0 Å². The van der Waals surface area contributed by atoms with Gasteiger partial charge in [0.1, 0.15) is 11.6 Å². The van der Waals surface area contributed by atoms with E-state index in [0.29, 0.717) is 28.0 Å². The van der Waals surface area contributed by atoms with Gasteiger partial charge in [0.05, 0.1) is 23.3 Å². The van der Waals surface area contributed by atoms with Gasteiger partial charge in [-0.1, -0.05) is 12.1 Å². The molecule has 0 bridgehead atoms. The van der Waals surface area contributed by atoms with Crippen molar-refractivity contribution < 1.29 is 23.1 Å². The van der Waals surface area contributed by atoms with E-state index in [9.17, 15) is 18.4 Å². The highest BCUT2D eigenvalue weighted by Gasteiger charge is 2.23. The molecule has 1 aliphatic heterocycles. The number of halogens is 2. The number of nitrogens with zero attached hydrogens (tertiary/aromatic N) is 3. The Balaban J connectivity index is 1.60. The third kappa shape index (κ3) is 3.15. The Kier molecular flexibility index (Phi) is 4.42. The van der Waals surface area contributed by atoms with E-state index < -0.39 is 6.55 Å². The van der Waals surface area contributed by atoms with Gasteiger partial charge in [0.2, 0.25) is 0 Å². The maximum absolute atomic E-state index is 13.6. The molecule has 0 fully saturated rings. The summed E-state index contributed by atoms with van der Waals surface area (Å²) in [6, 6.07) is 11.2. The van der Waals surface area contributed by atoms with Gasteiger partial charge in [0, 0.05) is 12.6 Å². The molecule has 0 aliphatic carbocycles. The van der Waals surface area contributed by atoms with Crippen molar-refractivity contribution in [2.75, 3.05) is 19.0 Å². The number of aromatic nitrogens is 2. The minimum atomic E-state index is -2.77. The van der Waals surface area contributed by atoms with E-state index in [0.717, 1.165) is 4.57 Å². The number of rotatable bonds is 4. The first kappa shape index (κ1) is 17.9. The number of imidazole rings is 1. The van der Waals surface area contributed by atoms with Crippen molar-refractivity contribution in [3.05, 3.63) is 53.9 Å². The SMILES string of the molecule is CN(Cc1nc2ccccc2n1C(F)F)C(=O)c1ccc2c(c1)OCC(=O)N2. The number of ether oxygens (including phenoxy) is 1. The predicted molar refractivity (Wildman–Crippen MR) is 97.4 cm³/mol. The molecule has 28 heavy (non-hydrogen) atoms. The molecule has 0 spiro atoms. The van der Waals surface area contributed by atoms with Gasteiger partial charge in [-0.2, -0.15) is 8.78 Å². The lowest BCUT2D eigenvalue weighted by atomic mass is 10.1. The summed E-state index contributed by atoms with van der Waals surface area (Å²) in [4.78, 5) is 29.6. The fourth-order valence-corrected chi connectivity index (χ4v) is 3.14. The van der Waals surface area contributed by atoms with Crippen LogP contribution in [0.15, 0.2) is 42.5 Å². The monoisotopic (exact) mass is 386 g/mol. The molecule has 1 N–H and O–H groups in total. The van der Waals surface area contributed by atoms with Gasteiger partial charge >= 0.3 is 6.55 Å². The number of benzene rings is 2. The highest BCUT2D eigenvalue weighted by molar-refractivity contribution is 5.98. The third-order valence-electron chi connectivity index (χ3n) is 4.45. The molecular weight excluding hydrogens is 370 g/mol. The van der Waals surface area contributed by atoms with Crippen LogP contribution < -0.4 is 10.1 Å². The summed E-state index contributed by atoms with van der Waals surface area (Å²) in [5.41, 5.74) is 1.55. The Bertz CT molecular complexity index is 1080. The van der Waals surface area contributed by atoms with Crippen molar-refractivity contribution >= 4 is 28.5 Å². The summed E-state index contributed by atoms with van der Waals surface area (Å²) in [7, 11) is 1.51. The first-order chi connectivity index (χ1) is 13.4. The Hall–Kier alpha value is -3.49. The first-order valence-electron chi connectivity index (χ1n) is 8.50. The molecule has 2 aromatic carbocycles. The van der Waals surface area contributed by atoms with Crippen LogP contribution in [0.4, 0.5) is 14.5 Å². The van der Waals surface area contributed by atoms with Gasteiger partial charge in [0.25, 0.3) is 11.8 Å². The quantitative estimate of drug-likeness (QED) is 0.748. The fourth-order valence-electron chi connectivity index (χ4n) is 3.14. The van der Waals surface area contributed by atoms with Crippen LogP contribution in [-0.2, 0) is 11.3 Å². The molecule has 1 aliphatic rings. The predicted octanol–water partition coefficient (Wildman–Crippen LogP) is 3.03. The van der Waals surface area contributed by atoms with E-state index in [2.05, 4.69) is 10.3 Å². The third-order valence-corrected chi connectivity index (χ3v) is 4.45. The Morgan fingerprint density at radius 3 is 2.89 bits per heavy atom. The second-order valence-corrected chi connectivity index (χ2v) is 6.37. The zero-order chi connectivity index (χ0) is 19.8. The molecule has 2 heterocycles. The number of anilines is 1. The zero-order valence-electron chi connectivity index (χ0n) is 14.9. The lowest BCUT2D eigenvalue weighted by Gasteiger charge is -2.21. The molecule has 0 saturated carbocycles. The lowest BCUT2D eigenvalue weighted by molar-refractivity contribution is -0.118. The molecule has 4 rings (SSSR count). The van der Waals surface area contributed by atoms with Gasteiger partial charge < -0.3 is 15.0 Å².